The Morgan fingerprint density at radius 3 is 1.41 bits per heavy atom. The van der Waals surface area contributed by atoms with E-state index >= 15 is 28.8 Å². The van der Waals surface area contributed by atoms with Gasteiger partial charge in [0, 0.05) is 48.7 Å². The van der Waals surface area contributed by atoms with E-state index in [0.29, 0.717) is 33.8 Å². The van der Waals surface area contributed by atoms with Crippen LogP contribution in [0.15, 0.2) is 109 Å². The van der Waals surface area contributed by atoms with Crippen molar-refractivity contribution in [2.75, 3.05) is 44.8 Å². The van der Waals surface area contributed by atoms with Crippen LogP contribution in [0.2, 0.25) is 0 Å². The van der Waals surface area contributed by atoms with Gasteiger partial charge in [0.25, 0.3) is 0 Å². The minimum absolute atomic E-state index is 0.0195. The van der Waals surface area contributed by atoms with Crippen LogP contribution < -0.4 is 107 Å². The highest BCUT2D eigenvalue weighted by Gasteiger charge is 2.42. The third kappa shape index (κ3) is 36.5. The molecule has 137 heavy (non-hydrogen) atoms. The molecule has 26 N–H and O–H groups in total. The Kier molecular flexibility index (Phi) is 45.9. The number of nitrogens with one attached hydrogen (secondary N) is 17. The van der Waals surface area contributed by atoms with Gasteiger partial charge in [-0.1, -0.05) is 161 Å². The topological polar surface area (TPSA) is 664 Å². The molecule has 2 unspecified atom stereocenters. The number of aliphatic hydroxyl groups is 1. The second-order valence-electron chi connectivity index (χ2n) is 35.7. The minimum atomic E-state index is -2.09. The van der Waals surface area contributed by atoms with Crippen LogP contribution in [0, 0.1) is 29.6 Å². The molecule has 43 heteroatoms. The number of hydrogen-bond acceptors (Lipinski definition) is 24. The molecule has 42 nitrogen and oxygen atoms in total. The number of aromatic nitrogens is 1. The fourth-order valence-corrected chi connectivity index (χ4v) is 15.7. The van der Waals surface area contributed by atoms with Gasteiger partial charge in [-0.05, 0) is 142 Å². The number of carboxylic acids is 2. The van der Waals surface area contributed by atoms with Crippen LogP contribution in [0.1, 0.15) is 145 Å². The predicted octanol–water partition coefficient (Wildman–Crippen LogP) is -1.54. The number of primary amides is 1. The Hall–Kier alpha value is -13.1. The van der Waals surface area contributed by atoms with Crippen LogP contribution in [0.3, 0.4) is 0 Å². The number of nitrogens with two attached hydrogens (primary N) is 3. The number of thioether (sulfide) groups is 1. The van der Waals surface area contributed by atoms with Gasteiger partial charge in [-0.25, -0.2) is 4.79 Å². The molecule has 16 amide bonds. The molecule has 0 bridgehead atoms. The molecule has 1 aliphatic rings. The maximum absolute atomic E-state index is 15.5. The monoisotopic (exact) mass is 1930 g/mol. The first-order chi connectivity index (χ1) is 64.8. The number of aromatic amines is 1. The van der Waals surface area contributed by atoms with Gasteiger partial charge >= 0.3 is 11.9 Å². The van der Waals surface area contributed by atoms with Crippen molar-refractivity contribution in [2.24, 2.45) is 46.8 Å². The number of rotatable bonds is 31. The zero-order valence-electron chi connectivity index (χ0n) is 79.6. The molecule has 4 aromatic carbocycles. The number of ether oxygens (including phenoxy) is 1. The molecule has 0 aliphatic carbocycles. The second-order valence-corrected chi connectivity index (χ2v) is 36.7. The molecular weight excluding hydrogens is 1790 g/mol. The lowest BCUT2D eigenvalue weighted by atomic mass is 9.95. The lowest BCUT2D eigenvalue weighted by Crippen LogP contribution is -2.63. The molecule has 2 heterocycles. The fraction of sp³-hybridized carbons (Fsp3) is 0.532. The van der Waals surface area contributed by atoms with Crippen LogP contribution in [-0.4, -0.2) is 268 Å². The maximum atomic E-state index is 15.5. The van der Waals surface area contributed by atoms with Gasteiger partial charge in [-0.2, -0.15) is 0 Å². The van der Waals surface area contributed by atoms with Gasteiger partial charge in [0.15, 0.2) is 6.61 Å². The SMILES string of the molecule is CCC(C)[C@@H]1NC(=O)[C@H](Cc2ccc(-c3ccccc3)cc2)NC(=O)[C@H](C(C)C)NC(=O)[C@H](Cc2c[nH]c3ccccc23)NC(=O)[C@H](CC(=O)O)NC(=O)[C@H](Cc2ccc(OCC(=O)O)cc2)NC(=O)[C@H](CNC)NC(=O)CSC[C@@H](C(=O)N[C@@H](C)C(N)=O)NC(=O)[C@H](C(C)O)NC(=O)[C@H](C(C)C)NC(=O)[C@H](CC(C)C)NC(=O)[C@H](CCN)NC(=O)[C@@H](CC(C)C)NC(=O)[C@H](CCCN)NC1=O. The van der Waals surface area contributed by atoms with Crippen molar-refractivity contribution >= 4 is 129 Å². The summed E-state index contributed by atoms with van der Waals surface area (Å²) in [6.45, 7) is 17.7. The zero-order valence-corrected chi connectivity index (χ0v) is 80.4. The highest BCUT2D eigenvalue weighted by atomic mass is 32.2. The van der Waals surface area contributed by atoms with Crippen LogP contribution in [0.5, 0.6) is 5.75 Å². The predicted molar refractivity (Wildman–Crippen MR) is 510 cm³/mol. The molecule has 1 fully saturated rings. The van der Waals surface area contributed by atoms with E-state index in [1.54, 1.807) is 110 Å². The molecule has 17 atom stereocenters. The maximum Gasteiger partial charge on any atom is 0.341 e. The Morgan fingerprint density at radius 1 is 0.460 bits per heavy atom. The fourth-order valence-electron chi connectivity index (χ4n) is 14.9. The minimum Gasteiger partial charge on any atom is -0.482 e. The Bertz CT molecular complexity index is 4960. The summed E-state index contributed by atoms with van der Waals surface area (Å²) in [5.74, 6) is -23.1. The number of carbonyl (C=O) groups is 18. The van der Waals surface area contributed by atoms with E-state index in [4.69, 9.17) is 21.9 Å². The van der Waals surface area contributed by atoms with E-state index in [1.165, 1.54) is 52.1 Å². The number of amides is 16. The molecule has 5 aromatic rings. The molecule has 6 rings (SSSR count). The van der Waals surface area contributed by atoms with Crippen molar-refractivity contribution in [3.05, 3.63) is 126 Å². The lowest BCUT2D eigenvalue weighted by molar-refractivity contribution is -0.142. The first-order valence-electron chi connectivity index (χ1n) is 45.8. The number of fused-ring (bicyclic) bond motifs is 1. The summed E-state index contributed by atoms with van der Waals surface area (Å²) in [6, 6.07) is 4.72. The first kappa shape index (κ1) is 113. The van der Waals surface area contributed by atoms with Crippen molar-refractivity contribution in [3.63, 3.8) is 0 Å². The van der Waals surface area contributed by atoms with E-state index in [2.05, 4.69) is 90.1 Å². The van der Waals surface area contributed by atoms with Gasteiger partial charge in [-0.15, -0.1) is 11.8 Å². The normalized spacial score (nSPS) is 23.6. The van der Waals surface area contributed by atoms with Crippen LogP contribution in [0.4, 0.5) is 0 Å². The first-order valence-corrected chi connectivity index (χ1v) is 47.0. The standard InChI is InChI=1S/C94H136N20O22S/c1-14-52(10)78-93(134)103-63(25-20-35-95)81(122)104-65(37-48(2)3)83(124)102-64(34-36-96)82(123)105-66(38-49(4)5)86(127)112-77(51(8)9)92(133)114-79(54(12)115)94(135)110-72(90(131)100-53(11)80(97)121)46-137-47-73(116)101-71(44-98-13)89(130)106-67(40-56-28-32-60(33-29-56)136-45-75(119)120)84(125)108-70(42-74(117)118)85(126)107-69(41-59-43-99-62-24-19-18-23-61(59)62)88(129)111-76(50(6)7)91(132)109-68(87(128)113-78)39-55-26-30-58(31-27-55)57-21-16-15-17-22-57/h15-19,21-24,26-33,43,48-54,63-72,76-79,98-99,115H,14,20,25,34-42,44-47,95-96H2,1-13H3,(H2,97,121)(H,100,131)(H,101,116)(H,102,124)(H,103,134)(H,104,122)(H,105,123)(H,106,130)(H,107,126)(H,108,125)(H,109,132)(H,110,135)(H,111,129)(H,112,127)(H,113,128)(H,114,133)(H,117,118)(H,119,120)/t52?,53-,54?,63-,64-,65+,66-,67-,68-,69-,70-,71-,72-,76-,77-,78-,79-/m0/s1. The average Bonchev–Trinajstić information content (AvgIpc) is 1.60. The lowest BCUT2D eigenvalue weighted by Gasteiger charge is -2.31. The third-order valence-electron chi connectivity index (χ3n) is 22.7. The van der Waals surface area contributed by atoms with Crippen molar-refractivity contribution in [3.8, 4) is 16.9 Å². The van der Waals surface area contributed by atoms with Crippen molar-refractivity contribution in [1.29, 1.82) is 0 Å². The van der Waals surface area contributed by atoms with E-state index < -0.39 is 252 Å². The highest BCUT2D eigenvalue weighted by molar-refractivity contribution is 8.00. The van der Waals surface area contributed by atoms with Crippen LogP contribution in [0.25, 0.3) is 22.0 Å². The Labute approximate surface area is 800 Å². The summed E-state index contributed by atoms with van der Waals surface area (Å²) in [7, 11) is 1.41. The number of benzene rings is 4. The van der Waals surface area contributed by atoms with Gasteiger partial charge in [0.05, 0.1) is 18.3 Å². The molecule has 1 aromatic heterocycles. The van der Waals surface area contributed by atoms with Crippen molar-refractivity contribution in [1.82, 2.24) is 90.1 Å². The summed E-state index contributed by atoms with van der Waals surface area (Å²) < 4.78 is 5.31. The Balaban J connectivity index is 1.50. The van der Waals surface area contributed by atoms with Gasteiger partial charge in [0.2, 0.25) is 94.5 Å². The molecule has 750 valence electrons. The van der Waals surface area contributed by atoms with Gasteiger partial charge in [0.1, 0.15) is 96.4 Å². The zero-order chi connectivity index (χ0) is 102. The van der Waals surface area contributed by atoms with Crippen LogP contribution >= 0.6 is 11.8 Å². The number of likely N-dealkylation sites (N-methyl/N-ethyl adjacent to an activating group) is 1. The van der Waals surface area contributed by atoms with E-state index in [-0.39, 0.29) is 94.1 Å². The largest absolute Gasteiger partial charge is 0.482 e. The summed E-state index contributed by atoms with van der Waals surface area (Å²) in [5.41, 5.74) is 21.0. The summed E-state index contributed by atoms with van der Waals surface area (Å²) in [6.07, 6.45) is -2.51. The molecule has 0 radical (unpaired) electrons. The molecule has 1 aliphatic heterocycles. The molecular formula is C94H136N20O22S. The third-order valence-corrected chi connectivity index (χ3v) is 23.7. The number of aliphatic carboxylic acids is 2. The Morgan fingerprint density at radius 2 is 0.891 bits per heavy atom. The number of aliphatic hydroxyl groups excluding tert-OH is 1. The average molecular weight is 1930 g/mol. The number of H-pyrrole nitrogens is 1. The van der Waals surface area contributed by atoms with E-state index in [0.717, 1.165) is 18.1 Å². The van der Waals surface area contributed by atoms with Gasteiger partial charge in [-0.3, -0.25) is 81.5 Å². The second kappa shape index (κ2) is 55.8. The quantitative estimate of drug-likeness (QED) is 0.0239. The van der Waals surface area contributed by atoms with Crippen molar-refractivity contribution < 1.29 is 106 Å². The summed E-state index contributed by atoms with van der Waals surface area (Å²) >= 11 is 0.692. The number of carboxylic acid groups (broad SMARTS) is 2. The summed E-state index contributed by atoms with van der Waals surface area (Å²) in [5, 5.41) is 73.6. The molecule has 0 spiro atoms. The van der Waals surface area contributed by atoms with Crippen molar-refractivity contribution in [2.45, 2.75) is 244 Å². The summed E-state index contributed by atoms with van der Waals surface area (Å²) in [4.78, 5) is 262. The van der Waals surface area contributed by atoms with E-state index in [1.807, 2.05) is 30.3 Å². The number of para-hydroxylation sites is 1. The molecule has 1 saturated heterocycles. The number of carbonyl (C=O) groups excluding carboxylic acids is 16. The van der Waals surface area contributed by atoms with Gasteiger partial charge < -0.3 is 127 Å². The number of hydrogen-bond donors (Lipinski definition) is 23. The van der Waals surface area contributed by atoms with E-state index in [9.17, 15) is 72.9 Å². The smallest absolute Gasteiger partial charge is 0.341 e. The highest BCUT2D eigenvalue weighted by Crippen LogP contribution is 2.25. The van der Waals surface area contributed by atoms with Crippen LogP contribution in [-0.2, 0) is 106 Å². The molecule has 0 saturated carbocycles.